The molecule has 0 unspecified atom stereocenters. The highest BCUT2D eigenvalue weighted by Crippen LogP contribution is 2.17. The standard InChI is InChI=1S/C14H19NO3/c16-14(18-13-4-2-1-3-5-13)15-9-6-12-7-10-17-11-8-12/h1-5,12H,6-11H2,(H,15,16). The van der Waals surface area contributed by atoms with Crippen LogP contribution in [0.3, 0.4) is 0 Å². The predicted molar refractivity (Wildman–Crippen MR) is 68.6 cm³/mol. The Morgan fingerprint density at radius 1 is 1.28 bits per heavy atom. The topological polar surface area (TPSA) is 47.6 Å². The van der Waals surface area contributed by atoms with Crippen molar-refractivity contribution in [2.24, 2.45) is 5.92 Å². The van der Waals surface area contributed by atoms with Crippen molar-refractivity contribution in [1.29, 1.82) is 0 Å². The van der Waals surface area contributed by atoms with Crippen molar-refractivity contribution in [2.45, 2.75) is 19.3 Å². The Morgan fingerprint density at radius 3 is 2.72 bits per heavy atom. The molecule has 4 nitrogen and oxygen atoms in total. The third-order valence-corrected chi connectivity index (χ3v) is 3.12. The highest BCUT2D eigenvalue weighted by Gasteiger charge is 2.13. The minimum absolute atomic E-state index is 0.381. The normalized spacial score (nSPS) is 16.2. The lowest BCUT2D eigenvalue weighted by Gasteiger charge is -2.21. The van der Waals surface area contributed by atoms with Gasteiger partial charge in [-0.2, -0.15) is 0 Å². The number of hydrogen-bond donors (Lipinski definition) is 1. The van der Waals surface area contributed by atoms with Crippen molar-refractivity contribution in [3.8, 4) is 5.75 Å². The van der Waals surface area contributed by atoms with E-state index in [-0.39, 0.29) is 6.09 Å². The smallest absolute Gasteiger partial charge is 0.410 e. The third kappa shape index (κ3) is 4.37. The van der Waals surface area contributed by atoms with Crippen LogP contribution in [-0.4, -0.2) is 25.9 Å². The van der Waals surface area contributed by atoms with Gasteiger partial charge < -0.3 is 14.8 Å². The van der Waals surface area contributed by atoms with Crippen LogP contribution in [0.5, 0.6) is 5.75 Å². The van der Waals surface area contributed by atoms with E-state index in [0.717, 1.165) is 32.5 Å². The minimum Gasteiger partial charge on any atom is -0.410 e. The summed E-state index contributed by atoms with van der Waals surface area (Å²) in [5.41, 5.74) is 0. The molecule has 2 rings (SSSR count). The van der Waals surface area contributed by atoms with Gasteiger partial charge in [0.15, 0.2) is 0 Å². The van der Waals surface area contributed by atoms with E-state index in [4.69, 9.17) is 9.47 Å². The van der Waals surface area contributed by atoms with Gasteiger partial charge in [-0.05, 0) is 37.3 Å². The van der Waals surface area contributed by atoms with Gasteiger partial charge in [0, 0.05) is 19.8 Å². The zero-order valence-electron chi connectivity index (χ0n) is 10.4. The van der Waals surface area contributed by atoms with Crippen molar-refractivity contribution >= 4 is 6.09 Å². The number of rotatable bonds is 4. The maximum Gasteiger partial charge on any atom is 0.412 e. The van der Waals surface area contributed by atoms with E-state index in [1.54, 1.807) is 12.1 Å². The van der Waals surface area contributed by atoms with Gasteiger partial charge in [-0.1, -0.05) is 18.2 Å². The monoisotopic (exact) mass is 249 g/mol. The van der Waals surface area contributed by atoms with E-state index < -0.39 is 0 Å². The second-order valence-corrected chi connectivity index (χ2v) is 4.47. The van der Waals surface area contributed by atoms with Crippen LogP contribution in [0.2, 0.25) is 0 Å². The first-order valence-corrected chi connectivity index (χ1v) is 6.43. The molecule has 1 aromatic rings. The summed E-state index contributed by atoms with van der Waals surface area (Å²) in [7, 11) is 0. The number of nitrogens with one attached hydrogen (secondary N) is 1. The molecule has 0 aliphatic carbocycles. The first-order valence-electron chi connectivity index (χ1n) is 6.43. The Balaban J connectivity index is 1.62. The summed E-state index contributed by atoms with van der Waals surface area (Å²) < 4.78 is 10.4. The summed E-state index contributed by atoms with van der Waals surface area (Å²) in [6.45, 7) is 2.36. The number of carbonyl (C=O) groups is 1. The lowest BCUT2D eigenvalue weighted by atomic mass is 9.97. The maximum absolute atomic E-state index is 11.5. The molecule has 0 atom stereocenters. The van der Waals surface area contributed by atoms with Crippen LogP contribution in [0.25, 0.3) is 0 Å². The van der Waals surface area contributed by atoms with Gasteiger partial charge in [-0.15, -0.1) is 0 Å². The largest absolute Gasteiger partial charge is 0.412 e. The summed E-state index contributed by atoms with van der Waals surface area (Å²) in [6.07, 6.45) is 2.80. The molecule has 1 amide bonds. The van der Waals surface area contributed by atoms with Crippen molar-refractivity contribution in [1.82, 2.24) is 5.32 Å². The first-order chi connectivity index (χ1) is 8.84. The highest BCUT2D eigenvalue weighted by atomic mass is 16.6. The Hall–Kier alpha value is -1.55. The Morgan fingerprint density at radius 2 is 2.00 bits per heavy atom. The van der Waals surface area contributed by atoms with Crippen LogP contribution in [0.1, 0.15) is 19.3 Å². The molecule has 18 heavy (non-hydrogen) atoms. The minimum atomic E-state index is -0.381. The number of hydrogen-bond acceptors (Lipinski definition) is 3. The van der Waals surface area contributed by atoms with E-state index in [1.165, 1.54) is 0 Å². The predicted octanol–water partition coefficient (Wildman–Crippen LogP) is 2.59. The second kappa shape index (κ2) is 7.01. The van der Waals surface area contributed by atoms with Gasteiger partial charge in [0.2, 0.25) is 0 Å². The van der Waals surface area contributed by atoms with E-state index in [2.05, 4.69) is 5.32 Å². The fraction of sp³-hybridized carbons (Fsp3) is 0.500. The number of amides is 1. The average Bonchev–Trinajstić information content (AvgIpc) is 2.41. The number of carbonyl (C=O) groups excluding carboxylic acids is 1. The third-order valence-electron chi connectivity index (χ3n) is 3.12. The molecule has 0 aromatic heterocycles. The molecule has 1 aromatic carbocycles. The molecule has 4 heteroatoms. The van der Waals surface area contributed by atoms with E-state index >= 15 is 0 Å². The van der Waals surface area contributed by atoms with E-state index in [9.17, 15) is 4.79 Å². The Labute approximate surface area is 107 Å². The van der Waals surface area contributed by atoms with Gasteiger partial charge >= 0.3 is 6.09 Å². The van der Waals surface area contributed by atoms with Gasteiger partial charge in [0.1, 0.15) is 5.75 Å². The Kier molecular flexibility index (Phi) is 5.02. The lowest BCUT2D eigenvalue weighted by Crippen LogP contribution is -2.29. The van der Waals surface area contributed by atoms with E-state index in [0.29, 0.717) is 18.2 Å². The lowest BCUT2D eigenvalue weighted by molar-refractivity contribution is 0.0640. The summed E-state index contributed by atoms with van der Waals surface area (Å²) in [5, 5.41) is 2.78. The van der Waals surface area contributed by atoms with Crippen molar-refractivity contribution in [2.75, 3.05) is 19.8 Å². The van der Waals surface area contributed by atoms with Crippen LogP contribution >= 0.6 is 0 Å². The molecule has 1 heterocycles. The van der Waals surface area contributed by atoms with Crippen LogP contribution in [0.4, 0.5) is 4.79 Å². The van der Waals surface area contributed by atoms with Crippen LogP contribution in [0.15, 0.2) is 30.3 Å². The second-order valence-electron chi connectivity index (χ2n) is 4.47. The van der Waals surface area contributed by atoms with Crippen molar-refractivity contribution in [3.63, 3.8) is 0 Å². The maximum atomic E-state index is 11.5. The zero-order valence-corrected chi connectivity index (χ0v) is 10.4. The molecule has 1 saturated heterocycles. The summed E-state index contributed by atoms with van der Waals surface area (Å²) in [4.78, 5) is 11.5. The fourth-order valence-electron chi connectivity index (χ4n) is 2.05. The van der Waals surface area contributed by atoms with Gasteiger partial charge in [-0.25, -0.2) is 4.79 Å². The van der Waals surface area contributed by atoms with E-state index in [1.807, 2.05) is 18.2 Å². The van der Waals surface area contributed by atoms with Crippen molar-refractivity contribution < 1.29 is 14.3 Å². The number of ether oxygens (including phenoxy) is 2. The number of benzene rings is 1. The van der Waals surface area contributed by atoms with Crippen molar-refractivity contribution in [3.05, 3.63) is 30.3 Å². The zero-order chi connectivity index (χ0) is 12.6. The molecular formula is C14H19NO3. The molecule has 0 spiro atoms. The molecular weight excluding hydrogens is 230 g/mol. The SMILES string of the molecule is O=C(NCCC1CCOCC1)Oc1ccccc1. The van der Waals surface area contributed by atoms with Gasteiger partial charge in [-0.3, -0.25) is 0 Å². The average molecular weight is 249 g/mol. The Bertz CT molecular complexity index is 361. The molecule has 0 radical (unpaired) electrons. The van der Waals surface area contributed by atoms with Gasteiger partial charge in [0.05, 0.1) is 0 Å². The molecule has 1 aliphatic heterocycles. The molecule has 0 saturated carbocycles. The summed E-state index contributed by atoms with van der Waals surface area (Å²) in [5.74, 6) is 1.23. The quantitative estimate of drug-likeness (QED) is 0.892. The molecule has 1 N–H and O–H groups in total. The molecule has 1 aliphatic rings. The molecule has 0 bridgehead atoms. The van der Waals surface area contributed by atoms with Crippen LogP contribution in [-0.2, 0) is 4.74 Å². The fourth-order valence-corrected chi connectivity index (χ4v) is 2.05. The first kappa shape index (κ1) is 12.9. The van der Waals surface area contributed by atoms with Gasteiger partial charge in [0.25, 0.3) is 0 Å². The number of para-hydroxylation sites is 1. The highest BCUT2D eigenvalue weighted by molar-refractivity contribution is 5.70. The molecule has 98 valence electrons. The summed E-state index contributed by atoms with van der Waals surface area (Å²) in [6, 6.07) is 9.08. The van der Waals surface area contributed by atoms with Crippen LogP contribution < -0.4 is 10.1 Å². The van der Waals surface area contributed by atoms with Crippen LogP contribution in [0, 0.1) is 5.92 Å². The summed E-state index contributed by atoms with van der Waals surface area (Å²) >= 11 is 0. The molecule has 1 fully saturated rings.